The molecular formula is C6H10O2. The van der Waals surface area contributed by atoms with Crippen LogP contribution in [0.4, 0.5) is 0 Å². The number of hydrogen-bond donors (Lipinski definition) is 1. The van der Waals surface area contributed by atoms with Gasteiger partial charge in [0, 0.05) is 7.11 Å². The second kappa shape index (κ2) is 3.48. The monoisotopic (exact) mass is 114 g/mol. The van der Waals surface area contributed by atoms with E-state index in [4.69, 9.17) is 11.5 Å². The molecule has 0 unspecified atom stereocenters. The van der Waals surface area contributed by atoms with Crippen LogP contribution in [0.3, 0.4) is 0 Å². The predicted molar refractivity (Wildman–Crippen MR) is 31.3 cm³/mol. The first-order valence-corrected chi connectivity index (χ1v) is 2.39. The molecule has 0 aliphatic carbocycles. The molecular weight excluding hydrogens is 104 g/mol. The molecule has 0 spiro atoms. The van der Waals surface area contributed by atoms with Gasteiger partial charge in [0.2, 0.25) is 0 Å². The molecule has 0 aromatic carbocycles. The van der Waals surface area contributed by atoms with Crippen molar-refractivity contribution in [3.05, 3.63) is 0 Å². The molecule has 0 bridgehead atoms. The number of aliphatic hydroxyl groups excluding tert-OH is 1. The minimum Gasteiger partial charge on any atom is -0.390 e. The van der Waals surface area contributed by atoms with Gasteiger partial charge in [0.15, 0.2) is 0 Å². The van der Waals surface area contributed by atoms with Gasteiger partial charge in [-0.15, -0.1) is 6.42 Å². The zero-order valence-electron chi connectivity index (χ0n) is 5.09. The van der Waals surface area contributed by atoms with Gasteiger partial charge in [0.1, 0.15) is 6.10 Å². The van der Waals surface area contributed by atoms with Crippen LogP contribution in [-0.2, 0) is 4.74 Å². The van der Waals surface area contributed by atoms with Crippen molar-refractivity contribution in [1.29, 1.82) is 0 Å². The molecule has 0 rings (SSSR count). The lowest BCUT2D eigenvalue weighted by Crippen LogP contribution is -2.22. The summed E-state index contributed by atoms with van der Waals surface area (Å²) >= 11 is 0. The quantitative estimate of drug-likeness (QED) is 0.513. The van der Waals surface area contributed by atoms with Crippen LogP contribution in [0.5, 0.6) is 0 Å². The molecule has 2 heteroatoms. The second-order valence-corrected chi connectivity index (χ2v) is 1.56. The van der Waals surface area contributed by atoms with E-state index in [1.165, 1.54) is 7.11 Å². The molecule has 0 radical (unpaired) electrons. The van der Waals surface area contributed by atoms with Crippen molar-refractivity contribution in [2.24, 2.45) is 0 Å². The van der Waals surface area contributed by atoms with Crippen LogP contribution in [0.15, 0.2) is 0 Å². The standard InChI is InChI=1S/C6H10O2/c1-4-6(8-3)5(2)7/h1,5-7H,2-3H3/t5-,6-/m0/s1. The second-order valence-electron chi connectivity index (χ2n) is 1.56. The van der Waals surface area contributed by atoms with E-state index < -0.39 is 12.2 Å². The maximum absolute atomic E-state index is 8.74. The Bertz CT molecular complexity index is 91.2. The highest BCUT2D eigenvalue weighted by Gasteiger charge is 2.07. The van der Waals surface area contributed by atoms with Crippen molar-refractivity contribution in [3.8, 4) is 12.3 Å². The summed E-state index contributed by atoms with van der Waals surface area (Å²) in [5.74, 6) is 2.28. The minimum absolute atomic E-state index is 0.463. The fourth-order valence-electron chi connectivity index (χ4n) is 0.404. The average molecular weight is 114 g/mol. The summed E-state index contributed by atoms with van der Waals surface area (Å²) in [5.41, 5.74) is 0. The Labute approximate surface area is 49.5 Å². The van der Waals surface area contributed by atoms with Crippen molar-refractivity contribution in [2.75, 3.05) is 7.11 Å². The summed E-state index contributed by atoms with van der Waals surface area (Å²) in [6.45, 7) is 1.59. The van der Waals surface area contributed by atoms with Gasteiger partial charge in [0.05, 0.1) is 6.10 Å². The third-order valence-electron chi connectivity index (χ3n) is 0.856. The third-order valence-corrected chi connectivity index (χ3v) is 0.856. The topological polar surface area (TPSA) is 29.5 Å². The Hall–Kier alpha value is -0.520. The van der Waals surface area contributed by atoms with E-state index in [0.717, 1.165) is 0 Å². The van der Waals surface area contributed by atoms with Crippen LogP contribution in [0, 0.1) is 12.3 Å². The minimum atomic E-state index is -0.579. The van der Waals surface area contributed by atoms with Crippen LogP contribution in [0.1, 0.15) is 6.92 Å². The van der Waals surface area contributed by atoms with E-state index in [9.17, 15) is 0 Å². The fraction of sp³-hybridized carbons (Fsp3) is 0.667. The van der Waals surface area contributed by atoms with E-state index in [0.29, 0.717) is 0 Å². The number of aliphatic hydroxyl groups is 1. The average Bonchev–Trinajstić information content (AvgIpc) is 1.69. The van der Waals surface area contributed by atoms with Gasteiger partial charge in [-0.1, -0.05) is 5.92 Å². The van der Waals surface area contributed by atoms with Gasteiger partial charge in [-0.2, -0.15) is 0 Å². The summed E-state index contributed by atoms with van der Waals surface area (Å²) in [4.78, 5) is 0. The normalized spacial score (nSPS) is 16.8. The maximum Gasteiger partial charge on any atom is 0.143 e. The molecule has 0 amide bonds. The van der Waals surface area contributed by atoms with E-state index in [1.807, 2.05) is 0 Å². The van der Waals surface area contributed by atoms with Crippen LogP contribution in [-0.4, -0.2) is 24.4 Å². The van der Waals surface area contributed by atoms with Crippen LogP contribution in [0.2, 0.25) is 0 Å². The van der Waals surface area contributed by atoms with E-state index in [2.05, 4.69) is 10.7 Å². The number of methoxy groups -OCH3 is 1. The van der Waals surface area contributed by atoms with Gasteiger partial charge in [-0.25, -0.2) is 0 Å². The molecule has 0 heterocycles. The SMILES string of the molecule is C#C[C@H](OC)[C@H](C)O. The highest BCUT2D eigenvalue weighted by molar-refractivity contribution is 4.97. The van der Waals surface area contributed by atoms with Crippen molar-refractivity contribution in [2.45, 2.75) is 19.1 Å². The van der Waals surface area contributed by atoms with Crippen LogP contribution in [0.25, 0.3) is 0 Å². The lowest BCUT2D eigenvalue weighted by Gasteiger charge is -2.09. The summed E-state index contributed by atoms with van der Waals surface area (Å²) < 4.78 is 4.67. The highest BCUT2D eigenvalue weighted by atomic mass is 16.5. The summed E-state index contributed by atoms with van der Waals surface area (Å²) in [6.07, 6.45) is 3.91. The molecule has 0 aliphatic heterocycles. The van der Waals surface area contributed by atoms with Crippen molar-refractivity contribution in [3.63, 3.8) is 0 Å². The molecule has 0 fully saturated rings. The highest BCUT2D eigenvalue weighted by Crippen LogP contribution is 1.93. The smallest absolute Gasteiger partial charge is 0.143 e. The molecule has 0 aromatic rings. The predicted octanol–water partition coefficient (Wildman–Crippen LogP) is 0.0154. The molecule has 46 valence electrons. The number of terminal acetylenes is 1. The van der Waals surface area contributed by atoms with Crippen LogP contribution >= 0.6 is 0 Å². The molecule has 0 aromatic heterocycles. The molecule has 2 atom stereocenters. The molecule has 0 aliphatic rings. The molecule has 2 nitrogen and oxygen atoms in total. The Kier molecular flexibility index (Phi) is 3.25. The fourth-order valence-corrected chi connectivity index (χ4v) is 0.404. The Morgan fingerprint density at radius 2 is 2.25 bits per heavy atom. The van der Waals surface area contributed by atoms with E-state index >= 15 is 0 Å². The van der Waals surface area contributed by atoms with Crippen molar-refractivity contribution < 1.29 is 9.84 Å². The number of hydrogen-bond acceptors (Lipinski definition) is 2. The number of ether oxygens (including phenoxy) is 1. The van der Waals surface area contributed by atoms with Gasteiger partial charge < -0.3 is 9.84 Å². The molecule has 0 saturated heterocycles. The first-order chi connectivity index (χ1) is 3.72. The van der Waals surface area contributed by atoms with Gasteiger partial charge in [-0.3, -0.25) is 0 Å². The molecule has 8 heavy (non-hydrogen) atoms. The third kappa shape index (κ3) is 1.97. The van der Waals surface area contributed by atoms with Gasteiger partial charge in [0.25, 0.3) is 0 Å². The zero-order chi connectivity index (χ0) is 6.57. The maximum atomic E-state index is 8.74. The first-order valence-electron chi connectivity index (χ1n) is 2.39. The van der Waals surface area contributed by atoms with Gasteiger partial charge >= 0.3 is 0 Å². The van der Waals surface area contributed by atoms with E-state index in [-0.39, 0.29) is 0 Å². The molecule has 0 saturated carbocycles. The lowest BCUT2D eigenvalue weighted by molar-refractivity contribution is 0.0336. The van der Waals surface area contributed by atoms with Crippen molar-refractivity contribution in [1.82, 2.24) is 0 Å². The molecule has 1 N–H and O–H groups in total. The lowest BCUT2D eigenvalue weighted by atomic mass is 10.2. The first kappa shape index (κ1) is 7.48. The van der Waals surface area contributed by atoms with E-state index in [1.54, 1.807) is 6.92 Å². The Morgan fingerprint density at radius 3 is 2.25 bits per heavy atom. The summed E-state index contributed by atoms with van der Waals surface area (Å²) in [7, 11) is 1.47. The number of rotatable bonds is 2. The van der Waals surface area contributed by atoms with Crippen LogP contribution < -0.4 is 0 Å². The summed E-state index contributed by atoms with van der Waals surface area (Å²) in [5, 5.41) is 8.74. The Balaban J connectivity index is 3.57. The largest absolute Gasteiger partial charge is 0.390 e. The summed E-state index contributed by atoms with van der Waals surface area (Å²) in [6, 6.07) is 0. The van der Waals surface area contributed by atoms with Gasteiger partial charge in [-0.05, 0) is 6.92 Å². The Morgan fingerprint density at radius 1 is 1.75 bits per heavy atom. The zero-order valence-corrected chi connectivity index (χ0v) is 5.09. The van der Waals surface area contributed by atoms with Crippen molar-refractivity contribution >= 4 is 0 Å².